The molecule has 0 saturated carbocycles. The summed E-state index contributed by atoms with van der Waals surface area (Å²) in [6.07, 6.45) is 4.15. The van der Waals surface area contributed by atoms with E-state index in [1.165, 1.54) is 12.2 Å². The van der Waals surface area contributed by atoms with E-state index in [0.29, 0.717) is 6.54 Å². The van der Waals surface area contributed by atoms with Crippen LogP contribution in [0.1, 0.15) is 17.3 Å². The molecule has 2 aliphatic rings. The van der Waals surface area contributed by atoms with Crippen LogP contribution in [0.3, 0.4) is 0 Å². The lowest BCUT2D eigenvalue weighted by Gasteiger charge is -2.23. The first-order valence-electron chi connectivity index (χ1n) is 5.69. The molecule has 0 aromatic carbocycles. The van der Waals surface area contributed by atoms with Crippen molar-refractivity contribution in [1.82, 2.24) is 10.3 Å². The summed E-state index contributed by atoms with van der Waals surface area (Å²) in [6, 6.07) is 3.37. The lowest BCUT2D eigenvalue weighted by molar-refractivity contribution is -0.119. The number of aliphatic hydroxyl groups excluding tert-OH is 2. The van der Waals surface area contributed by atoms with Crippen LogP contribution in [0.15, 0.2) is 42.0 Å². The van der Waals surface area contributed by atoms with Crippen molar-refractivity contribution < 1.29 is 15.0 Å². The monoisotopic (exact) mass is 244 g/mol. The molecule has 0 radical (unpaired) electrons. The number of hydrogen-bond donors (Lipinski definition) is 3. The molecule has 0 bridgehead atoms. The van der Waals surface area contributed by atoms with Gasteiger partial charge in [0.25, 0.3) is 0 Å². The third-order valence-electron chi connectivity index (χ3n) is 3.34. The van der Waals surface area contributed by atoms with Gasteiger partial charge in [0.05, 0.1) is 11.7 Å². The molecule has 1 aromatic rings. The first kappa shape index (κ1) is 11.0. The zero-order valence-corrected chi connectivity index (χ0v) is 9.50. The minimum absolute atomic E-state index is 0.235. The highest BCUT2D eigenvalue weighted by atomic mass is 16.3. The lowest BCUT2D eigenvalue weighted by atomic mass is 9.87. The second-order valence-electron chi connectivity index (χ2n) is 4.39. The predicted molar refractivity (Wildman–Crippen MR) is 63.7 cm³/mol. The summed E-state index contributed by atoms with van der Waals surface area (Å²) < 4.78 is 0. The van der Waals surface area contributed by atoms with Crippen LogP contribution in [0, 0.1) is 5.92 Å². The van der Waals surface area contributed by atoms with Crippen LogP contribution >= 0.6 is 0 Å². The highest BCUT2D eigenvalue weighted by molar-refractivity contribution is 5.96. The molecule has 0 spiro atoms. The molecule has 2 unspecified atom stereocenters. The van der Waals surface area contributed by atoms with Gasteiger partial charge in [0.2, 0.25) is 0 Å². The zero-order chi connectivity index (χ0) is 12.7. The summed E-state index contributed by atoms with van der Waals surface area (Å²) in [5.41, 5.74) is 1.77. The molecule has 3 N–H and O–H groups in total. The molecule has 1 aromatic heterocycles. The number of allylic oxidation sites excluding steroid dienone is 2. The smallest absolute Gasteiger partial charge is 0.168 e. The van der Waals surface area contributed by atoms with Gasteiger partial charge in [0.1, 0.15) is 11.7 Å². The van der Waals surface area contributed by atoms with Gasteiger partial charge in [-0.2, -0.15) is 0 Å². The third-order valence-corrected chi connectivity index (χ3v) is 3.34. The minimum Gasteiger partial charge on any atom is -0.508 e. The number of aromatic nitrogens is 1. The number of pyridine rings is 1. The van der Waals surface area contributed by atoms with E-state index in [4.69, 9.17) is 0 Å². The van der Waals surface area contributed by atoms with Crippen molar-refractivity contribution in [2.75, 3.05) is 0 Å². The summed E-state index contributed by atoms with van der Waals surface area (Å²) in [7, 11) is 0. The maximum atomic E-state index is 11.9. The van der Waals surface area contributed by atoms with E-state index >= 15 is 0 Å². The van der Waals surface area contributed by atoms with Crippen molar-refractivity contribution in [2.45, 2.75) is 12.6 Å². The minimum atomic E-state index is -0.800. The fraction of sp³-hybridized carbons (Fsp3) is 0.231. The lowest BCUT2D eigenvalue weighted by Crippen LogP contribution is -2.31. The molecule has 2 heterocycles. The van der Waals surface area contributed by atoms with Crippen molar-refractivity contribution in [2.24, 2.45) is 5.92 Å². The van der Waals surface area contributed by atoms with Gasteiger partial charge in [-0.05, 0) is 23.8 Å². The summed E-state index contributed by atoms with van der Waals surface area (Å²) >= 11 is 0. The molecule has 18 heavy (non-hydrogen) atoms. The summed E-state index contributed by atoms with van der Waals surface area (Å²) in [5.74, 6) is -1.59. The van der Waals surface area contributed by atoms with E-state index in [9.17, 15) is 15.0 Å². The molecular formula is C13H12N2O3. The molecule has 1 aliphatic carbocycles. The topological polar surface area (TPSA) is 82.5 Å². The van der Waals surface area contributed by atoms with Gasteiger partial charge in [-0.15, -0.1) is 0 Å². The second-order valence-corrected chi connectivity index (χ2v) is 4.39. The fourth-order valence-electron chi connectivity index (χ4n) is 2.44. The van der Waals surface area contributed by atoms with Gasteiger partial charge < -0.3 is 15.5 Å². The zero-order valence-electron chi connectivity index (χ0n) is 9.50. The van der Waals surface area contributed by atoms with Gasteiger partial charge in [0.15, 0.2) is 11.5 Å². The normalized spacial score (nSPS) is 26.6. The van der Waals surface area contributed by atoms with Crippen LogP contribution in [-0.2, 0) is 11.3 Å². The maximum Gasteiger partial charge on any atom is 0.168 e. The number of ketones is 1. The van der Waals surface area contributed by atoms with E-state index in [-0.39, 0.29) is 23.3 Å². The Morgan fingerprint density at radius 3 is 3.00 bits per heavy atom. The van der Waals surface area contributed by atoms with E-state index in [2.05, 4.69) is 10.3 Å². The van der Waals surface area contributed by atoms with Crippen LogP contribution in [-0.4, -0.2) is 21.0 Å². The van der Waals surface area contributed by atoms with Crippen molar-refractivity contribution in [3.63, 3.8) is 0 Å². The van der Waals surface area contributed by atoms with Crippen molar-refractivity contribution in [3.05, 3.63) is 53.3 Å². The summed E-state index contributed by atoms with van der Waals surface area (Å²) in [6.45, 7) is 0.607. The number of hydrogen-bond acceptors (Lipinski definition) is 5. The molecule has 5 nitrogen and oxygen atoms in total. The Balaban J connectivity index is 2.02. The molecule has 0 fully saturated rings. The molecule has 92 valence electrons. The van der Waals surface area contributed by atoms with Crippen molar-refractivity contribution in [3.8, 4) is 0 Å². The van der Waals surface area contributed by atoms with Crippen LogP contribution in [0.25, 0.3) is 0 Å². The Kier molecular flexibility index (Phi) is 2.41. The van der Waals surface area contributed by atoms with Gasteiger partial charge in [-0.3, -0.25) is 9.78 Å². The van der Waals surface area contributed by atoms with E-state index < -0.39 is 5.92 Å². The number of rotatable bonds is 1. The average Bonchev–Trinajstić information content (AvgIpc) is 2.79. The Morgan fingerprint density at radius 1 is 1.33 bits per heavy atom. The van der Waals surface area contributed by atoms with Crippen LogP contribution in [0.5, 0.6) is 0 Å². The van der Waals surface area contributed by atoms with E-state index in [1.54, 1.807) is 6.20 Å². The van der Waals surface area contributed by atoms with Gasteiger partial charge in [0, 0.05) is 12.7 Å². The highest BCUT2D eigenvalue weighted by Crippen LogP contribution is 2.35. The maximum absolute atomic E-state index is 11.9. The first-order valence-corrected chi connectivity index (χ1v) is 5.69. The van der Waals surface area contributed by atoms with Crippen LogP contribution < -0.4 is 5.32 Å². The average molecular weight is 244 g/mol. The van der Waals surface area contributed by atoms with Crippen molar-refractivity contribution >= 4 is 5.78 Å². The second kappa shape index (κ2) is 3.96. The molecule has 3 rings (SSSR count). The number of nitrogens with one attached hydrogen (secondary N) is 1. The predicted octanol–water partition coefficient (Wildman–Crippen LogP) is 1.31. The molecule has 0 amide bonds. The number of carbonyl (C=O) groups excluding carboxylic acids is 1. The number of carbonyl (C=O) groups is 1. The van der Waals surface area contributed by atoms with Gasteiger partial charge >= 0.3 is 0 Å². The Labute approximate surface area is 103 Å². The summed E-state index contributed by atoms with van der Waals surface area (Å²) in [4.78, 5) is 16.1. The van der Waals surface area contributed by atoms with Crippen molar-refractivity contribution in [1.29, 1.82) is 0 Å². The number of fused-ring (bicyclic) bond motifs is 1. The largest absolute Gasteiger partial charge is 0.508 e. The highest BCUT2D eigenvalue weighted by Gasteiger charge is 2.39. The van der Waals surface area contributed by atoms with E-state index in [1.807, 2.05) is 12.1 Å². The van der Waals surface area contributed by atoms with Gasteiger partial charge in [-0.1, -0.05) is 6.07 Å². The SMILES string of the molecule is O=C1C=CC(O)=C(O)C1C1NCc2cccnc21. The fourth-order valence-corrected chi connectivity index (χ4v) is 2.44. The molecule has 1 aliphatic heterocycles. The Morgan fingerprint density at radius 2 is 2.17 bits per heavy atom. The van der Waals surface area contributed by atoms with Gasteiger partial charge in [-0.25, -0.2) is 0 Å². The quantitative estimate of drug-likeness (QED) is 0.693. The molecule has 5 heteroatoms. The number of nitrogens with zero attached hydrogens (tertiary/aromatic N) is 1. The van der Waals surface area contributed by atoms with E-state index in [0.717, 1.165) is 11.3 Å². The molecule has 2 atom stereocenters. The standard InChI is InChI=1S/C13H12N2O3/c16-8-3-4-9(17)13(18)10(8)12-11-7(6-15-12)2-1-5-14-11/h1-5,10,12,15,17-18H,6H2. The van der Waals surface area contributed by atoms with Crippen LogP contribution in [0.2, 0.25) is 0 Å². The third kappa shape index (κ3) is 1.52. The van der Waals surface area contributed by atoms with Crippen LogP contribution in [0.4, 0.5) is 0 Å². The summed E-state index contributed by atoms with van der Waals surface area (Å²) in [5, 5.41) is 22.6. The molecular weight excluding hydrogens is 232 g/mol. The number of aliphatic hydroxyl groups is 2. The Bertz CT molecular complexity index is 577. The molecule has 0 saturated heterocycles. The first-order chi connectivity index (χ1) is 8.68. The Hall–Kier alpha value is -2.14.